The van der Waals surface area contributed by atoms with Crippen molar-refractivity contribution in [3.8, 4) is 0 Å². The maximum Gasteiger partial charge on any atom is 0.433 e. The van der Waals surface area contributed by atoms with Gasteiger partial charge in [-0.25, -0.2) is 15.0 Å². The number of hydrogen-bond acceptors (Lipinski definition) is 4. The topological polar surface area (TPSA) is 55.6 Å². The van der Waals surface area contributed by atoms with E-state index in [9.17, 15) is 13.2 Å². The average Bonchev–Trinajstić information content (AvgIpc) is 2.90. The Morgan fingerprint density at radius 2 is 2.05 bits per heavy atom. The smallest absolute Gasteiger partial charge is 0.370 e. The lowest BCUT2D eigenvalue weighted by molar-refractivity contribution is -0.141. The summed E-state index contributed by atoms with van der Waals surface area (Å²) in [5.41, 5.74) is -1.05. The minimum Gasteiger partial charge on any atom is -0.370 e. The molecule has 9 heteroatoms. The molecule has 2 aromatic heterocycles. The molecule has 1 N–H and O–H groups in total. The fraction of sp³-hybridized carbons (Fsp3) is 0.417. The van der Waals surface area contributed by atoms with Crippen LogP contribution in [0.2, 0.25) is 5.28 Å². The molecule has 5 nitrogen and oxygen atoms in total. The maximum absolute atomic E-state index is 12.6. The van der Waals surface area contributed by atoms with Crippen LogP contribution in [0.1, 0.15) is 18.5 Å². The van der Waals surface area contributed by atoms with E-state index in [4.69, 9.17) is 11.6 Å². The Balaban J connectivity index is 1.81. The monoisotopic (exact) mass is 319 g/mol. The molecule has 0 saturated carbocycles. The molecule has 0 fully saturated rings. The number of nitrogens with zero attached hydrogens (tertiary/aromatic N) is 4. The second-order valence-corrected chi connectivity index (χ2v) is 4.68. The number of rotatable bonds is 6. The SMILES string of the molecule is FC(F)(F)c1cc(NCCCCn2ccnc2)nc(Cl)n1. The summed E-state index contributed by atoms with van der Waals surface area (Å²) < 4.78 is 39.6. The van der Waals surface area contributed by atoms with Crippen LogP contribution in [0.4, 0.5) is 19.0 Å². The molecule has 0 unspecified atom stereocenters. The number of halogens is 4. The molecular weight excluding hydrogens is 307 g/mol. The van der Waals surface area contributed by atoms with Crippen molar-refractivity contribution in [3.05, 3.63) is 35.8 Å². The fourth-order valence-corrected chi connectivity index (χ4v) is 1.89. The molecule has 0 atom stereocenters. The third kappa shape index (κ3) is 4.89. The van der Waals surface area contributed by atoms with E-state index in [2.05, 4.69) is 20.3 Å². The van der Waals surface area contributed by atoms with Crippen molar-refractivity contribution >= 4 is 17.4 Å². The fourth-order valence-electron chi connectivity index (χ4n) is 1.71. The molecule has 2 aromatic rings. The molecule has 2 rings (SSSR count). The van der Waals surface area contributed by atoms with Crippen LogP contribution in [0.3, 0.4) is 0 Å². The molecule has 0 bridgehead atoms. The van der Waals surface area contributed by atoms with E-state index in [1.54, 1.807) is 12.5 Å². The lowest BCUT2D eigenvalue weighted by Crippen LogP contribution is -2.12. The van der Waals surface area contributed by atoms with Crippen LogP contribution in [0.15, 0.2) is 24.8 Å². The lowest BCUT2D eigenvalue weighted by Gasteiger charge is -2.10. The Kier molecular flexibility index (Phi) is 5.00. The van der Waals surface area contributed by atoms with E-state index in [0.717, 1.165) is 25.5 Å². The summed E-state index contributed by atoms with van der Waals surface area (Å²) in [5.74, 6) is 0.0740. The molecule has 2 heterocycles. The quantitative estimate of drug-likeness (QED) is 0.656. The average molecular weight is 320 g/mol. The van der Waals surface area contributed by atoms with Gasteiger partial charge < -0.3 is 9.88 Å². The summed E-state index contributed by atoms with van der Waals surface area (Å²) in [7, 11) is 0. The molecule has 0 aliphatic carbocycles. The minimum absolute atomic E-state index is 0.0740. The van der Waals surface area contributed by atoms with Crippen molar-refractivity contribution in [1.82, 2.24) is 19.5 Å². The van der Waals surface area contributed by atoms with E-state index in [0.29, 0.717) is 6.54 Å². The molecule has 21 heavy (non-hydrogen) atoms. The first-order valence-corrected chi connectivity index (χ1v) is 6.64. The number of aromatic nitrogens is 4. The van der Waals surface area contributed by atoms with Crippen LogP contribution >= 0.6 is 11.6 Å². The van der Waals surface area contributed by atoms with Crippen molar-refractivity contribution in [2.45, 2.75) is 25.6 Å². The van der Waals surface area contributed by atoms with Gasteiger partial charge in [-0.2, -0.15) is 13.2 Å². The summed E-state index contributed by atoms with van der Waals surface area (Å²) in [5, 5.41) is 2.39. The third-order valence-corrected chi connectivity index (χ3v) is 2.87. The Labute approximate surface area is 124 Å². The molecule has 114 valence electrons. The number of anilines is 1. The molecule has 0 amide bonds. The highest BCUT2D eigenvalue weighted by molar-refractivity contribution is 6.28. The molecule has 0 radical (unpaired) electrons. The molecule has 0 aromatic carbocycles. The van der Waals surface area contributed by atoms with Crippen LogP contribution in [0.25, 0.3) is 0 Å². The van der Waals surface area contributed by atoms with Gasteiger partial charge in [-0.15, -0.1) is 0 Å². The first kappa shape index (κ1) is 15.6. The second kappa shape index (κ2) is 6.75. The zero-order valence-corrected chi connectivity index (χ0v) is 11.7. The van der Waals surface area contributed by atoms with Crippen LogP contribution in [0, 0.1) is 0 Å². The Hall–Kier alpha value is -1.83. The maximum atomic E-state index is 12.6. The Bertz CT molecular complexity index is 571. The van der Waals surface area contributed by atoms with Crippen LogP contribution in [-0.4, -0.2) is 26.1 Å². The zero-order valence-electron chi connectivity index (χ0n) is 10.9. The Morgan fingerprint density at radius 3 is 2.71 bits per heavy atom. The van der Waals surface area contributed by atoms with E-state index < -0.39 is 17.2 Å². The Morgan fingerprint density at radius 1 is 1.24 bits per heavy atom. The van der Waals surface area contributed by atoms with Gasteiger partial charge in [0, 0.05) is 31.5 Å². The van der Waals surface area contributed by atoms with Crippen molar-refractivity contribution < 1.29 is 13.2 Å². The van der Waals surface area contributed by atoms with Gasteiger partial charge in [0.15, 0.2) is 5.69 Å². The highest BCUT2D eigenvalue weighted by atomic mass is 35.5. The van der Waals surface area contributed by atoms with Gasteiger partial charge in [-0.1, -0.05) is 0 Å². The molecule has 0 spiro atoms. The first-order valence-electron chi connectivity index (χ1n) is 6.26. The van der Waals surface area contributed by atoms with Gasteiger partial charge in [0.25, 0.3) is 0 Å². The largest absolute Gasteiger partial charge is 0.433 e. The second-order valence-electron chi connectivity index (χ2n) is 4.34. The summed E-state index contributed by atoms with van der Waals surface area (Å²) in [6.45, 7) is 1.30. The van der Waals surface area contributed by atoms with Gasteiger partial charge in [0.05, 0.1) is 6.33 Å². The minimum atomic E-state index is -4.54. The number of nitrogens with one attached hydrogen (secondary N) is 1. The van der Waals surface area contributed by atoms with Gasteiger partial charge >= 0.3 is 6.18 Å². The molecular formula is C12H13ClF3N5. The number of imidazole rings is 1. The van der Waals surface area contributed by atoms with Gasteiger partial charge in [-0.05, 0) is 24.4 Å². The third-order valence-electron chi connectivity index (χ3n) is 2.70. The van der Waals surface area contributed by atoms with Crippen molar-refractivity contribution in [2.75, 3.05) is 11.9 Å². The molecule has 0 saturated heterocycles. The number of hydrogen-bond donors (Lipinski definition) is 1. The van der Waals surface area contributed by atoms with E-state index in [-0.39, 0.29) is 5.82 Å². The van der Waals surface area contributed by atoms with Crippen molar-refractivity contribution in [1.29, 1.82) is 0 Å². The van der Waals surface area contributed by atoms with Crippen LogP contribution < -0.4 is 5.32 Å². The summed E-state index contributed by atoms with van der Waals surface area (Å²) >= 11 is 5.49. The van der Waals surface area contributed by atoms with Crippen molar-refractivity contribution in [3.63, 3.8) is 0 Å². The van der Waals surface area contributed by atoms with Gasteiger partial charge in [-0.3, -0.25) is 0 Å². The lowest BCUT2D eigenvalue weighted by atomic mass is 10.3. The molecule has 0 aliphatic heterocycles. The zero-order chi connectivity index (χ0) is 15.3. The first-order chi connectivity index (χ1) is 9.95. The highest BCUT2D eigenvalue weighted by Crippen LogP contribution is 2.29. The van der Waals surface area contributed by atoms with Crippen molar-refractivity contribution in [2.24, 2.45) is 0 Å². The predicted octanol–water partition coefficient (Wildman–Crippen LogP) is 3.24. The number of aryl methyl sites for hydroxylation is 1. The highest BCUT2D eigenvalue weighted by Gasteiger charge is 2.33. The van der Waals surface area contributed by atoms with E-state index in [1.807, 2.05) is 10.8 Å². The predicted molar refractivity (Wildman–Crippen MR) is 72.0 cm³/mol. The number of alkyl halides is 3. The number of unbranched alkanes of at least 4 members (excludes halogenated alkanes) is 1. The van der Waals surface area contributed by atoms with Crippen LogP contribution in [0.5, 0.6) is 0 Å². The summed E-state index contributed by atoms with van der Waals surface area (Å²) in [4.78, 5) is 10.8. The molecule has 0 aliphatic rings. The van der Waals surface area contributed by atoms with E-state index in [1.165, 1.54) is 0 Å². The summed E-state index contributed by atoms with van der Waals surface area (Å²) in [6.07, 6.45) is 2.38. The normalized spacial score (nSPS) is 11.6. The standard InChI is InChI=1S/C12H13ClF3N5/c13-11-19-9(12(14,15)16)7-10(20-11)18-3-1-2-5-21-6-4-17-8-21/h4,6-8H,1-3,5H2,(H,18,19,20). The van der Waals surface area contributed by atoms with Gasteiger partial charge in [0.1, 0.15) is 5.82 Å². The summed E-state index contributed by atoms with van der Waals surface area (Å²) in [6, 6.07) is 0.849. The van der Waals surface area contributed by atoms with Gasteiger partial charge in [0.2, 0.25) is 5.28 Å². The van der Waals surface area contributed by atoms with E-state index >= 15 is 0 Å². The van der Waals surface area contributed by atoms with Crippen LogP contribution in [-0.2, 0) is 12.7 Å².